The van der Waals surface area contributed by atoms with Crippen LogP contribution in [-0.4, -0.2) is 50.8 Å². The van der Waals surface area contributed by atoms with Gasteiger partial charge in [-0.3, -0.25) is 9.20 Å². The molecular formula is C22H21F4N3O4. The molecule has 1 aliphatic rings. The van der Waals surface area contributed by atoms with Crippen molar-refractivity contribution >= 4 is 17.4 Å². The van der Waals surface area contributed by atoms with E-state index < -0.39 is 12.1 Å². The average molecular weight is 467 g/mol. The van der Waals surface area contributed by atoms with Crippen LogP contribution >= 0.6 is 0 Å². The monoisotopic (exact) mass is 467 g/mol. The summed E-state index contributed by atoms with van der Waals surface area (Å²) in [6.07, 6.45) is -0.319. The van der Waals surface area contributed by atoms with E-state index in [-0.39, 0.29) is 23.7 Å². The van der Waals surface area contributed by atoms with Gasteiger partial charge >= 0.3 is 12.1 Å². The number of rotatable bonds is 5. The first kappa shape index (κ1) is 24.2. The molecule has 0 aliphatic heterocycles. The number of hydrogen-bond donors (Lipinski definition) is 3. The second kappa shape index (κ2) is 9.57. The number of fused-ring (bicyclic) bond motifs is 1. The molecule has 1 fully saturated rings. The number of nitrogens with one attached hydrogen (secondary N) is 1. The average Bonchev–Trinajstić information content (AvgIpc) is 3.13. The zero-order chi connectivity index (χ0) is 24.2. The molecule has 176 valence electrons. The van der Waals surface area contributed by atoms with Crippen LogP contribution in [0.15, 0.2) is 48.7 Å². The lowest BCUT2D eigenvalue weighted by Gasteiger charge is -2.40. The lowest BCUT2D eigenvalue weighted by molar-refractivity contribution is -0.192. The lowest BCUT2D eigenvalue weighted by atomic mass is 9.69. The van der Waals surface area contributed by atoms with Crippen molar-refractivity contribution in [3.05, 3.63) is 60.2 Å². The molecule has 1 amide bonds. The maximum absolute atomic E-state index is 13.2. The molecule has 1 aliphatic carbocycles. The van der Waals surface area contributed by atoms with Crippen LogP contribution < -0.4 is 5.32 Å². The number of pyridine rings is 1. The maximum atomic E-state index is 13.2. The van der Waals surface area contributed by atoms with E-state index in [1.54, 1.807) is 12.1 Å². The van der Waals surface area contributed by atoms with Gasteiger partial charge in [-0.15, -0.1) is 0 Å². The van der Waals surface area contributed by atoms with Gasteiger partial charge in [-0.05, 0) is 49.2 Å². The van der Waals surface area contributed by atoms with Gasteiger partial charge in [0, 0.05) is 23.7 Å². The zero-order valence-corrected chi connectivity index (χ0v) is 17.3. The van der Waals surface area contributed by atoms with Gasteiger partial charge in [0.1, 0.15) is 11.6 Å². The molecule has 0 atom stereocenters. The highest BCUT2D eigenvalue weighted by Gasteiger charge is 2.38. The highest BCUT2D eigenvalue weighted by atomic mass is 19.4. The highest BCUT2D eigenvalue weighted by Crippen LogP contribution is 2.39. The third-order valence-electron chi connectivity index (χ3n) is 5.48. The van der Waals surface area contributed by atoms with Crippen molar-refractivity contribution in [1.82, 2.24) is 14.7 Å². The number of carbonyl (C=O) groups is 2. The first-order chi connectivity index (χ1) is 15.6. The van der Waals surface area contributed by atoms with E-state index in [0.29, 0.717) is 23.6 Å². The van der Waals surface area contributed by atoms with Crippen molar-refractivity contribution in [2.75, 3.05) is 13.2 Å². The fourth-order valence-electron chi connectivity index (χ4n) is 3.43. The largest absolute Gasteiger partial charge is 0.490 e. The Morgan fingerprint density at radius 3 is 2.27 bits per heavy atom. The van der Waals surface area contributed by atoms with E-state index in [2.05, 4.69) is 10.3 Å². The van der Waals surface area contributed by atoms with E-state index in [9.17, 15) is 27.5 Å². The van der Waals surface area contributed by atoms with Crippen LogP contribution in [0.3, 0.4) is 0 Å². The van der Waals surface area contributed by atoms with Crippen molar-refractivity contribution in [1.29, 1.82) is 0 Å². The molecule has 33 heavy (non-hydrogen) atoms. The molecule has 2 heterocycles. The Kier molecular flexibility index (Phi) is 7.01. The molecule has 0 unspecified atom stereocenters. The van der Waals surface area contributed by atoms with Gasteiger partial charge in [0.15, 0.2) is 5.69 Å². The minimum absolute atomic E-state index is 0.0814. The Labute approximate surface area is 185 Å². The maximum Gasteiger partial charge on any atom is 0.490 e. The summed E-state index contributed by atoms with van der Waals surface area (Å²) in [5.41, 5.74) is 1.57. The third-order valence-corrected chi connectivity index (χ3v) is 5.48. The minimum atomic E-state index is -5.08. The molecule has 0 spiro atoms. The lowest BCUT2D eigenvalue weighted by Crippen LogP contribution is -2.44. The van der Waals surface area contributed by atoms with Gasteiger partial charge < -0.3 is 15.5 Å². The van der Waals surface area contributed by atoms with E-state index in [4.69, 9.17) is 9.90 Å². The van der Waals surface area contributed by atoms with Gasteiger partial charge in [-0.2, -0.15) is 13.2 Å². The van der Waals surface area contributed by atoms with Crippen molar-refractivity contribution in [2.45, 2.75) is 25.4 Å². The SMILES string of the molecule is O=C(NCC1(CO)CCC1)c1nc(-c2ccc(F)cc2)n2ccccc12.O=C(O)C(F)(F)F. The third kappa shape index (κ3) is 5.48. The van der Waals surface area contributed by atoms with Crippen molar-refractivity contribution in [3.63, 3.8) is 0 Å². The molecule has 11 heteroatoms. The van der Waals surface area contributed by atoms with E-state index in [1.165, 1.54) is 12.1 Å². The number of aliphatic hydroxyl groups excluding tert-OH is 1. The van der Waals surface area contributed by atoms with Crippen molar-refractivity contribution in [2.24, 2.45) is 5.41 Å². The van der Waals surface area contributed by atoms with Crippen molar-refractivity contribution < 1.29 is 37.4 Å². The van der Waals surface area contributed by atoms with Gasteiger partial charge in [0.25, 0.3) is 5.91 Å². The highest BCUT2D eigenvalue weighted by molar-refractivity contribution is 6.00. The topological polar surface area (TPSA) is 104 Å². The van der Waals surface area contributed by atoms with Crippen LogP contribution in [0.4, 0.5) is 17.6 Å². The minimum Gasteiger partial charge on any atom is -0.475 e. The zero-order valence-electron chi connectivity index (χ0n) is 17.3. The number of carboxylic acid groups (broad SMARTS) is 1. The normalized spacial score (nSPS) is 14.7. The predicted molar refractivity (Wildman–Crippen MR) is 110 cm³/mol. The number of hydrogen-bond acceptors (Lipinski definition) is 4. The number of nitrogens with zero attached hydrogens (tertiary/aromatic N) is 2. The van der Waals surface area contributed by atoms with Crippen LogP contribution in [0, 0.1) is 11.2 Å². The van der Waals surface area contributed by atoms with E-state index >= 15 is 0 Å². The van der Waals surface area contributed by atoms with Crippen LogP contribution in [-0.2, 0) is 4.79 Å². The summed E-state index contributed by atoms with van der Waals surface area (Å²) in [7, 11) is 0. The van der Waals surface area contributed by atoms with Gasteiger partial charge in [0.05, 0.1) is 12.1 Å². The van der Waals surface area contributed by atoms with Crippen LogP contribution in [0.2, 0.25) is 0 Å². The van der Waals surface area contributed by atoms with Gasteiger partial charge in [-0.25, -0.2) is 14.2 Å². The number of alkyl halides is 3. The first-order valence-electron chi connectivity index (χ1n) is 9.98. The van der Waals surface area contributed by atoms with E-state index in [0.717, 1.165) is 24.8 Å². The number of aromatic nitrogens is 2. The molecule has 1 aromatic carbocycles. The summed E-state index contributed by atoms with van der Waals surface area (Å²) < 4.78 is 46.8. The number of aliphatic carboxylic acids is 1. The smallest absolute Gasteiger partial charge is 0.475 e. The molecule has 0 bridgehead atoms. The second-order valence-electron chi connectivity index (χ2n) is 7.74. The number of carbonyl (C=O) groups excluding carboxylic acids is 1. The van der Waals surface area contributed by atoms with Gasteiger partial charge in [0.2, 0.25) is 0 Å². The Morgan fingerprint density at radius 1 is 1.12 bits per heavy atom. The Morgan fingerprint density at radius 2 is 1.76 bits per heavy atom. The number of carboxylic acids is 1. The number of halogens is 4. The quantitative estimate of drug-likeness (QED) is 0.497. The molecule has 7 nitrogen and oxygen atoms in total. The molecule has 3 aromatic rings. The number of imidazole rings is 1. The van der Waals surface area contributed by atoms with E-state index in [1.807, 2.05) is 28.8 Å². The fraction of sp³-hybridized carbons (Fsp3) is 0.318. The summed E-state index contributed by atoms with van der Waals surface area (Å²) in [5, 5.41) is 19.6. The van der Waals surface area contributed by atoms with Gasteiger partial charge in [-0.1, -0.05) is 12.5 Å². The summed E-state index contributed by atoms with van der Waals surface area (Å²) >= 11 is 0. The molecule has 2 aromatic heterocycles. The Bertz CT molecular complexity index is 1130. The molecule has 0 radical (unpaired) electrons. The summed E-state index contributed by atoms with van der Waals surface area (Å²) in [6, 6.07) is 11.6. The first-order valence-corrected chi connectivity index (χ1v) is 9.98. The number of benzene rings is 1. The van der Waals surface area contributed by atoms with Crippen LogP contribution in [0.25, 0.3) is 16.9 Å². The van der Waals surface area contributed by atoms with Crippen molar-refractivity contribution in [3.8, 4) is 11.4 Å². The molecule has 1 saturated carbocycles. The molecule has 3 N–H and O–H groups in total. The second-order valence-corrected chi connectivity index (χ2v) is 7.74. The Balaban J connectivity index is 0.000000383. The summed E-state index contributed by atoms with van der Waals surface area (Å²) in [6.45, 7) is 0.526. The number of aliphatic hydroxyl groups is 1. The fourth-order valence-corrected chi connectivity index (χ4v) is 3.43. The molecular weight excluding hydrogens is 446 g/mol. The summed E-state index contributed by atoms with van der Waals surface area (Å²) in [4.78, 5) is 26.2. The summed E-state index contributed by atoms with van der Waals surface area (Å²) in [5.74, 6) is -2.75. The molecule has 4 rings (SSSR count). The van der Waals surface area contributed by atoms with Crippen LogP contribution in [0.5, 0.6) is 0 Å². The predicted octanol–water partition coefficient (Wildman–Crippen LogP) is 3.67. The standard InChI is InChI=1S/C20H20FN3O2.C2HF3O2/c21-15-7-5-14(6-8-15)18-23-17(16-4-1-2-11-24(16)18)19(26)22-12-20(13-25)9-3-10-20;3-2(4,5)1(6)7/h1-2,4-8,11,25H,3,9-10,12-13H2,(H,22,26);(H,6,7). The Hall–Kier alpha value is -3.47. The molecule has 0 saturated heterocycles. The number of amides is 1. The van der Waals surface area contributed by atoms with Crippen LogP contribution in [0.1, 0.15) is 29.8 Å².